The molecule has 0 unspecified atom stereocenters. The van der Waals surface area contributed by atoms with Gasteiger partial charge in [-0.15, -0.1) is 0 Å². The highest BCUT2D eigenvalue weighted by Crippen LogP contribution is 2.13. The number of hydrogen-bond acceptors (Lipinski definition) is 3. The van der Waals surface area contributed by atoms with Crippen molar-refractivity contribution in [3.8, 4) is 5.69 Å². The molecule has 2 heterocycles. The van der Waals surface area contributed by atoms with Crippen LogP contribution in [0.25, 0.3) is 5.69 Å². The van der Waals surface area contributed by atoms with E-state index in [1.165, 1.54) is 10.7 Å². The van der Waals surface area contributed by atoms with Crippen molar-refractivity contribution in [1.29, 1.82) is 0 Å². The summed E-state index contributed by atoms with van der Waals surface area (Å²) in [6, 6.07) is 7.97. The summed E-state index contributed by atoms with van der Waals surface area (Å²) in [6.07, 6.45) is 1.61. The van der Waals surface area contributed by atoms with Crippen molar-refractivity contribution in [2.75, 3.05) is 26.2 Å². The second-order valence-electron chi connectivity index (χ2n) is 4.64. The summed E-state index contributed by atoms with van der Waals surface area (Å²) in [4.78, 5) is 14.0. The summed E-state index contributed by atoms with van der Waals surface area (Å²) >= 11 is 0. The van der Waals surface area contributed by atoms with Gasteiger partial charge in [0.15, 0.2) is 5.69 Å². The fourth-order valence-corrected chi connectivity index (χ4v) is 2.24. The molecule has 1 aromatic carbocycles. The molecule has 0 radical (unpaired) electrons. The van der Waals surface area contributed by atoms with Gasteiger partial charge in [-0.1, -0.05) is 12.1 Å². The number of aromatic nitrogens is 2. The number of nitrogens with one attached hydrogen (secondary N) is 1. The Hall–Kier alpha value is -2.21. The third kappa shape index (κ3) is 2.42. The normalized spacial score (nSPS) is 15.3. The predicted octanol–water partition coefficient (Wildman–Crippen LogP) is 1.06. The second kappa shape index (κ2) is 5.42. The lowest BCUT2D eigenvalue weighted by atomic mass is 10.3. The van der Waals surface area contributed by atoms with Crippen LogP contribution in [0.4, 0.5) is 4.39 Å². The maximum absolute atomic E-state index is 13.7. The Morgan fingerprint density at radius 3 is 2.70 bits per heavy atom. The number of hydrogen-bond donors (Lipinski definition) is 1. The first-order valence-electron chi connectivity index (χ1n) is 6.56. The minimum atomic E-state index is -0.364. The van der Waals surface area contributed by atoms with Gasteiger partial charge in [-0.25, -0.2) is 9.07 Å². The van der Waals surface area contributed by atoms with E-state index in [-0.39, 0.29) is 11.7 Å². The fraction of sp³-hybridized carbons (Fsp3) is 0.286. The zero-order valence-corrected chi connectivity index (χ0v) is 10.9. The van der Waals surface area contributed by atoms with Gasteiger partial charge in [0.1, 0.15) is 11.5 Å². The summed E-state index contributed by atoms with van der Waals surface area (Å²) < 4.78 is 15.1. The van der Waals surface area contributed by atoms with Gasteiger partial charge in [-0.05, 0) is 18.2 Å². The molecule has 1 saturated heterocycles. The molecule has 0 bridgehead atoms. The minimum absolute atomic E-state index is 0.110. The van der Waals surface area contributed by atoms with Gasteiger partial charge in [0.25, 0.3) is 5.91 Å². The highest BCUT2D eigenvalue weighted by Gasteiger charge is 2.20. The highest BCUT2D eigenvalue weighted by molar-refractivity contribution is 5.92. The van der Waals surface area contributed by atoms with Crippen molar-refractivity contribution >= 4 is 5.91 Å². The van der Waals surface area contributed by atoms with Crippen molar-refractivity contribution in [2.45, 2.75) is 0 Å². The fourth-order valence-electron chi connectivity index (χ4n) is 2.24. The first-order chi connectivity index (χ1) is 9.75. The van der Waals surface area contributed by atoms with Crippen molar-refractivity contribution < 1.29 is 9.18 Å². The Morgan fingerprint density at radius 2 is 1.95 bits per heavy atom. The highest BCUT2D eigenvalue weighted by atomic mass is 19.1. The van der Waals surface area contributed by atoms with E-state index in [9.17, 15) is 9.18 Å². The lowest BCUT2D eigenvalue weighted by Crippen LogP contribution is -2.46. The van der Waals surface area contributed by atoms with E-state index in [0.29, 0.717) is 24.5 Å². The van der Waals surface area contributed by atoms with Crippen LogP contribution in [0.15, 0.2) is 36.5 Å². The molecule has 104 valence electrons. The van der Waals surface area contributed by atoms with E-state index >= 15 is 0 Å². The molecule has 1 N–H and O–H groups in total. The van der Waals surface area contributed by atoms with Gasteiger partial charge >= 0.3 is 0 Å². The van der Waals surface area contributed by atoms with Gasteiger partial charge in [0.05, 0.1) is 0 Å². The third-order valence-corrected chi connectivity index (χ3v) is 3.31. The summed E-state index contributed by atoms with van der Waals surface area (Å²) in [7, 11) is 0. The molecule has 3 rings (SSSR count). The van der Waals surface area contributed by atoms with E-state index in [1.54, 1.807) is 35.4 Å². The Kier molecular flexibility index (Phi) is 3.47. The lowest BCUT2D eigenvalue weighted by molar-refractivity contribution is 0.0729. The summed E-state index contributed by atoms with van der Waals surface area (Å²) in [5.74, 6) is -0.474. The van der Waals surface area contributed by atoms with Crippen LogP contribution in [0.2, 0.25) is 0 Å². The maximum atomic E-state index is 13.7. The van der Waals surface area contributed by atoms with Crippen molar-refractivity contribution in [3.05, 3.63) is 48.0 Å². The van der Waals surface area contributed by atoms with Crippen LogP contribution < -0.4 is 5.32 Å². The van der Waals surface area contributed by atoms with E-state index in [4.69, 9.17) is 0 Å². The molecule has 0 atom stereocenters. The van der Waals surface area contributed by atoms with Crippen LogP contribution >= 0.6 is 0 Å². The van der Waals surface area contributed by atoms with E-state index in [2.05, 4.69) is 10.4 Å². The molecule has 0 spiro atoms. The van der Waals surface area contributed by atoms with E-state index in [0.717, 1.165) is 13.1 Å². The molecule has 1 aliphatic rings. The van der Waals surface area contributed by atoms with Gasteiger partial charge in [0, 0.05) is 32.4 Å². The monoisotopic (exact) mass is 274 g/mol. The Balaban J connectivity index is 1.83. The molecular formula is C14H15FN4O. The Bertz CT molecular complexity index is 619. The van der Waals surface area contributed by atoms with Crippen LogP contribution in [0.5, 0.6) is 0 Å². The van der Waals surface area contributed by atoms with Crippen LogP contribution in [0.3, 0.4) is 0 Å². The predicted molar refractivity (Wildman–Crippen MR) is 72.3 cm³/mol. The Morgan fingerprint density at radius 1 is 1.20 bits per heavy atom. The minimum Gasteiger partial charge on any atom is -0.335 e. The summed E-state index contributed by atoms with van der Waals surface area (Å²) in [6.45, 7) is 2.93. The summed E-state index contributed by atoms with van der Waals surface area (Å²) in [5, 5.41) is 7.37. The van der Waals surface area contributed by atoms with Gasteiger partial charge in [0.2, 0.25) is 0 Å². The SMILES string of the molecule is O=C(c1ccn(-c2ccccc2F)n1)N1CCNCC1. The van der Waals surface area contributed by atoms with E-state index in [1.807, 2.05) is 0 Å². The second-order valence-corrected chi connectivity index (χ2v) is 4.64. The molecule has 0 saturated carbocycles. The number of amides is 1. The summed E-state index contributed by atoms with van der Waals surface area (Å²) in [5.41, 5.74) is 0.682. The lowest BCUT2D eigenvalue weighted by Gasteiger charge is -2.26. The molecule has 0 aliphatic carbocycles. The third-order valence-electron chi connectivity index (χ3n) is 3.31. The molecule has 2 aromatic rings. The van der Waals surface area contributed by atoms with Gasteiger partial charge in [-0.3, -0.25) is 4.79 Å². The largest absolute Gasteiger partial charge is 0.335 e. The van der Waals surface area contributed by atoms with Crippen molar-refractivity contribution in [2.24, 2.45) is 0 Å². The molecule has 6 heteroatoms. The number of rotatable bonds is 2. The number of para-hydroxylation sites is 1. The number of benzene rings is 1. The number of carbonyl (C=O) groups is 1. The van der Waals surface area contributed by atoms with Crippen molar-refractivity contribution in [3.63, 3.8) is 0 Å². The average Bonchev–Trinajstić information content (AvgIpc) is 2.97. The molecule has 1 aromatic heterocycles. The van der Waals surface area contributed by atoms with Crippen LogP contribution in [-0.2, 0) is 0 Å². The Labute approximate surface area is 116 Å². The van der Waals surface area contributed by atoms with E-state index < -0.39 is 0 Å². The van der Waals surface area contributed by atoms with Crippen LogP contribution in [0, 0.1) is 5.82 Å². The zero-order chi connectivity index (χ0) is 13.9. The van der Waals surface area contributed by atoms with Crippen LogP contribution in [0.1, 0.15) is 10.5 Å². The smallest absolute Gasteiger partial charge is 0.274 e. The average molecular weight is 274 g/mol. The molecule has 20 heavy (non-hydrogen) atoms. The quantitative estimate of drug-likeness (QED) is 0.891. The topological polar surface area (TPSA) is 50.2 Å². The van der Waals surface area contributed by atoms with Crippen molar-refractivity contribution in [1.82, 2.24) is 20.0 Å². The standard InChI is InChI=1S/C14H15FN4O/c15-11-3-1-2-4-13(11)19-8-5-12(17-19)14(20)18-9-6-16-7-10-18/h1-5,8,16H,6-7,9-10H2. The molecule has 5 nitrogen and oxygen atoms in total. The number of piperazine rings is 1. The number of halogens is 1. The zero-order valence-electron chi connectivity index (χ0n) is 10.9. The van der Waals surface area contributed by atoms with Gasteiger partial charge < -0.3 is 10.2 Å². The maximum Gasteiger partial charge on any atom is 0.274 e. The molecule has 1 fully saturated rings. The number of carbonyl (C=O) groups excluding carboxylic acids is 1. The number of nitrogens with zero attached hydrogens (tertiary/aromatic N) is 3. The first kappa shape index (κ1) is 12.8. The van der Waals surface area contributed by atoms with Crippen LogP contribution in [-0.4, -0.2) is 46.8 Å². The molecule has 1 aliphatic heterocycles. The first-order valence-corrected chi connectivity index (χ1v) is 6.56. The molecular weight excluding hydrogens is 259 g/mol. The van der Waals surface area contributed by atoms with Gasteiger partial charge in [-0.2, -0.15) is 5.10 Å². The molecule has 1 amide bonds.